The number of aromatic nitrogens is 1. The predicted molar refractivity (Wildman–Crippen MR) is 134 cm³/mol. The molecule has 5 rings (SSSR count). The molecule has 0 spiro atoms. The highest BCUT2D eigenvalue weighted by Gasteiger charge is 2.46. The highest BCUT2D eigenvalue weighted by molar-refractivity contribution is 7.89. The molecular formula is C26H32N4O5S. The van der Waals surface area contributed by atoms with Gasteiger partial charge in [0.15, 0.2) is 5.76 Å². The maximum absolute atomic E-state index is 13.8. The van der Waals surface area contributed by atoms with Crippen molar-refractivity contribution in [2.45, 2.75) is 38.5 Å². The third kappa shape index (κ3) is 4.32. The van der Waals surface area contributed by atoms with E-state index in [1.54, 1.807) is 26.4 Å². The van der Waals surface area contributed by atoms with E-state index in [4.69, 9.17) is 8.94 Å². The van der Waals surface area contributed by atoms with Crippen molar-refractivity contribution in [1.29, 1.82) is 0 Å². The van der Waals surface area contributed by atoms with E-state index in [0.29, 0.717) is 18.8 Å². The molecular weight excluding hydrogens is 480 g/mol. The average Bonchev–Trinajstić information content (AvgIpc) is 3.60. The zero-order chi connectivity index (χ0) is 25.6. The highest BCUT2D eigenvalue weighted by atomic mass is 32.2. The second-order valence-corrected chi connectivity index (χ2v) is 11.7. The monoisotopic (exact) mass is 512 g/mol. The zero-order valence-corrected chi connectivity index (χ0v) is 21.9. The number of piperazine rings is 1. The number of carbonyl (C=O) groups is 1. The van der Waals surface area contributed by atoms with Crippen LogP contribution in [0.1, 0.15) is 34.1 Å². The van der Waals surface area contributed by atoms with E-state index < -0.39 is 15.9 Å². The van der Waals surface area contributed by atoms with Gasteiger partial charge in [-0.05, 0) is 56.5 Å². The molecule has 2 atom stereocenters. The lowest BCUT2D eigenvalue weighted by Crippen LogP contribution is -2.51. The summed E-state index contributed by atoms with van der Waals surface area (Å²) in [6, 6.07) is 8.24. The molecule has 0 unspecified atom stereocenters. The van der Waals surface area contributed by atoms with Crippen molar-refractivity contribution in [3.05, 3.63) is 64.9 Å². The molecule has 2 saturated heterocycles. The Labute approximate surface area is 211 Å². The number of nitrogens with zero attached hydrogens (tertiary/aromatic N) is 4. The summed E-state index contributed by atoms with van der Waals surface area (Å²) in [5.74, 6) is -0.545. The van der Waals surface area contributed by atoms with Gasteiger partial charge in [-0.2, -0.15) is 4.31 Å². The summed E-state index contributed by atoms with van der Waals surface area (Å²) >= 11 is 0. The summed E-state index contributed by atoms with van der Waals surface area (Å²) in [6.07, 6.45) is 3.17. The van der Waals surface area contributed by atoms with Gasteiger partial charge >= 0.3 is 0 Å². The highest BCUT2D eigenvalue weighted by Crippen LogP contribution is 2.38. The third-order valence-corrected chi connectivity index (χ3v) is 9.51. The number of hydrogen-bond acceptors (Lipinski definition) is 7. The van der Waals surface area contributed by atoms with Gasteiger partial charge in [0, 0.05) is 50.9 Å². The van der Waals surface area contributed by atoms with E-state index in [-0.39, 0.29) is 35.6 Å². The van der Waals surface area contributed by atoms with E-state index in [0.717, 1.165) is 18.7 Å². The number of amides is 1. The van der Waals surface area contributed by atoms with Crippen molar-refractivity contribution < 1.29 is 22.2 Å². The average molecular weight is 513 g/mol. The fraction of sp³-hybridized carbons (Fsp3) is 0.462. The molecule has 2 aromatic heterocycles. The predicted octanol–water partition coefficient (Wildman–Crippen LogP) is 3.25. The van der Waals surface area contributed by atoms with Gasteiger partial charge in [0.25, 0.3) is 0 Å². The second kappa shape index (κ2) is 9.40. The molecule has 0 saturated carbocycles. The number of benzene rings is 1. The molecule has 2 fully saturated rings. The minimum atomic E-state index is -3.86. The number of hydrogen-bond donors (Lipinski definition) is 0. The van der Waals surface area contributed by atoms with E-state index in [1.165, 1.54) is 21.1 Å². The van der Waals surface area contributed by atoms with Gasteiger partial charge in [-0.15, -0.1) is 0 Å². The van der Waals surface area contributed by atoms with Crippen molar-refractivity contribution in [1.82, 2.24) is 14.4 Å². The van der Waals surface area contributed by atoms with Crippen LogP contribution in [-0.2, 0) is 14.8 Å². The molecule has 4 heterocycles. The number of anilines is 1. The quantitative estimate of drug-likeness (QED) is 0.517. The van der Waals surface area contributed by atoms with Crippen LogP contribution < -0.4 is 4.90 Å². The van der Waals surface area contributed by atoms with Crippen molar-refractivity contribution in [2.24, 2.45) is 5.92 Å². The van der Waals surface area contributed by atoms with Gasteiger partial charge in [-0.3, -0.25) is 4.79 Å². The van der Waals surface area contributed by atoms with Crippen LogP contribution >= 0.6 is 0 Å². The third-order valence-electron chi connectivity index (χ3n) is 7.44. The molecule has 0 bridgehead atoms. The van der Waals surface area contributed by atoms with Crippen LogP contribution in [0.2, 0.25) is 0 Å². The zero-order valence-electron chi connectivity index (χ0n) is 21.1. The molecule has 2 aliphatic rings. The Kier molecular flexibility index (Phi) is 6.42. The molecule has 36 heavy (non-hydrogen) atoms. The molecule has 1 aromatic carbocycles. The Hall–Kier alpha value is -3.11. The van der Waals surface area contributed by atoms with Gasteiger partial charge in [0.1, 0.15) is 10.6 Å². The largest absolute Gasteiger partial charge is 0.472 e. The standard InChI is InChI=1S/C26H32N4O5S/c1-17-5-6-18(2)24(13-17)28-8-10-29(11-9-28)26(31)23-15-30(14-22(23)21-7-12-34-16-21)36(32,33)25-19(3)27-35-20(25)4/h5-7,12-13,16,22-23H,8-11,14-15H2,1-4H3/t22-,23+/m0/s1. The summed E-state index contributed by atoms with van der Waals surface area (Å²) in [5.41, 5.74) is 4.79. The molecule has 0 aliphatic carbocycles. The molecule has 2 aliphatic heterocycles. The van der Waals surface area contributed by atoms with Crippen molar-refractivity contribution in [2.75, 3.05) is 44.2 Å². The van der Waals surface area contributed by atoms with Crippen LogP contribution in [0.5, 0.6) is 0 Å². The van der Waals surface area contributed by atoms with Crippen LogP contribution in [-0.4, -0.2) is 68.0 Å². The molecule has 3 aromatic rings. The van der Waals surface area contributed by atoms with E-state index >= 15 is 0 Å². The van der Waals surface area contributed by atoms with Crippen molar-refractivity contribution >= 4 is 21.6 Å². The first-order valence-electron chi connectivity index (χ1n) is 12.2. The summed E-state index contributed by atoms with van der Waals surface area (Å²) in [6.45, 7) is 10.4. The topological polar surface area (TPSA) is 100 Å². The van der Waals surface area contributed by atoms with E-state index in [1.807, 2.05) is 11.0 Å². The molecule has 192 valence electrons. The van der Waals surface area contributed by atoms with Crippen LogP contribution in [0.4, 0.5) is 5.69 Å². The smallest absolute Gasteiger partial charge is 0.248 e. The number of aryl methyl sites for hydroxylation is 4. The SMILES string of the molecule is Cc1ccc(C)c(N2CCN(C(=O)[C@@H]3CN(S(=O)(=O)c4c(C)noc4C)C[C@H]3c3ccoc3)CC2)c1. The first-order valence-corrected chi connectivity index (χ1v) is 13.7. The summed E-state index contributed by atoms with van der Waals surface area (Å²) in [7, 11) is -3.86. The van der Waals surface area contributed by atoms with Gasteiger partial charge < -0.3 is 18.7 Å². The Morgan fingerprint density at radius 3 is 2.42 bits per heavy atom. The Morgan fingerprint density at radius 2 is 1.78 bits per heavy atom. The molecule has 0 N–H and O–H groups in total. The number of furan rings is 1. The number of sulfonamides is 1. The maximum Gasteiger partial charge on any atom is 0.248 e. The molecule has 0 radical (unpaired) electrons. The normalized spacial score (nSPS) is 21.3. The van der Waals surface area contributed by atoms with Gasteiger partial charge in [0.2, 0.25) is 15.9 Å². The minimum absolute atomic E-state index is 0.0155. The van der Waals surface area contributed by atoms with E-state index in [9.17, 15) is 13.2 Å². The Balaban J connectivity index is 1.36. The minimum Gasteiger partial charge on any atom is -0.472 e. The number of rotatable bonds is 5. The van der Waals surface area contributed by atoms with Crippen LogP contribution in [0.15, 0.2) is 50.6 Å². The van der Waals surface area contributed by atoms with Gasteiger partial charge in [-0.1, -0.05) is 17.3 Å². The van der Waals surface area contributed by atoms with Crippen LogP contribution in [0, 0.1) is 33.6 Å². The number of carbonyl (C=O) groups excluding carboxylic acids is 1. The van der Waals surface area contributed by atoms with E-state index in [2.05, 4.69) is 42.1 Å². The molecule has 9 nitrogen and oxygen atoms in total. The summed E-state index contributed by atoms with van der Waals surface area (Å²) < 4.78 is 38.9. The first-order chi connectivity index (χ1) is 17.2. The van der Waals surface area contributed by atoms with Gasteiger partial charge in [-0.25, -0.2) is 8.42 Å². The lowest BCUT2D eigenvalue weighted by atomic mass is 9.89. The molecule has 10 heteroatoms. The fourth-order valence-electron chi connectivity index (χ4n) is 5.47. The fourth-order valence-corrected chi connectivity index (χ4v) is 7.26. The maximum atomic E-state index is 13.8. The Morgan fingerprint density at radius 1 is 1.03 bits per heavy atom. The second-order valence-electron chi connectivity index (χ2n) is 9.85. The lowest BCUT2D eigenvalue weighted by Gasteiger charge is -2.38. The first kappa shape index (κ1) is 24.6. The molecule has 1 amide bonds. The Bertz CT molecular complexity index is 1340. The van der Waals surface area contributed by atoms with Crippen LogP contribution in [0.3, 0.4) is 0 Å². The van der Waals surface area contributed by atoms with Crippen molar-refractivity contribution in [3.8, 4) is 0 Å². The van der Waals surface area contributed by atoms with Gasteiger partial charge in [0.05, 0.1) is 18.4 Å². The summed E-state index contributed by atoms with van der Waals surface area (Å²) in [4.78, 5) is 18.1. The van der Waals surface area contributed by atoms with Crippen LogP contribution in [0.25, 0.3) is 0 Å². The van der Waals surface area contributed by atoms with Crippen molar-refractivity contribution in [3.63, 3.8) is 0 Å². The lowest BCUT2D eigenvalue weighted by molar-refractivity contribution is -0.135. The summed E-state index contributed by atoms with van der Waals surface area (Å²) in [5, 5.41) is 3.82.